The van der Waals surface area contributed by atoms with Crippen molar-refractivity contribution < 1.29 is 9.90 Å². The highest BCUT2D eigenvalue weighted by Gasteiger charge is 2.42. The Balaban J connectivity index is 1.63. The molecule has 3 atom stereocenters. The second kappa shape index (κ2) is 4.58. The highest BCUT2D eigenvalue weighted by atomic mass is 16.4. The monoisotopic (exact) mass is 238 g/mol. The third-order valence-corrected chi connectivity index (χ3v) is 4.62. The Bertz CT molecular complexity index is 304. The molecule has 3 unspecified atom stereocenters. The first-order valence-corrected chi connectivity index (χ1v) is 6.94. The predicted octanol–water partition coefficient (Wildman–Crippen LogP) is 1.02. The molecular formula is C13H22N2O2. The van der Waals surface area contributed by atoms with Crippen LogP contribution >= 0.6 is 0 Å². The molecule has 1 aliphatic carbocycles. The Labute approximate surface area is 103 Å². The van der Waals surface area contributed by atoms with E-state index >= 15 is 0 Å². The van der Waals surface area contributed by atoms with E-state index in [0.29, 0.717) is 18.5 Å². The summed E-state index contributed by atoms with van der Waals surface area (Å²) in [5.41, 5.74) is 0. The maximum absolute atomic E-state index is 10.8. The summed E-state index contributed by atoms with van der Waals surface area (Å²) >= 11 is 0. The van der Waals surface area contributed by atoms with Crippen LogP contribution in [-0.4, -0.2) is 59.1 Å². The SMILES string of the molecule is O=C(O)CCN(C1CC1)C1CCN2CCC1C2. The maximum atomic E-state index is 10.8. The zero-order chi connectivity index (χ0) is 11.8. The topological polar surface area (TPSA) is 43.8 Å². The Morgan fingerprint density at radius 2 is 2.00 bits per heavy atom. The van der Waals surface area contributed by atoms with Crippen molar-refractivity contribution in [2.45, 2.75) is 44.2 Å². The lowest BCUT2D eigenvalue weighted by Gasteiger charge is -2.39. The molecule has 3 rings (SSSR count). The summed E-state index contributed by atoms with van der Waals surface area (Å²) < 4.78 is 0. The van der Waals surface area contributed by atoms with Crippen molar-refractivity contribution in [3.05, 3.63) is 0 Å². The van der Waals surface area contributed by atoms with Crippen molar-refractivity contribution in [1.82, 2.24) is 9.80 Å². The minimum atomic E-state index is -0.653. The lowest BCUT2D eigenvalue weighted by Crippen LogP contribution is -2.48. The molecule has 2 aliphatic heterocycles. The summed E-state index contributed by atoms with van der Waals surface area (Å²) in [7, 11) is 0. The molecular weight excluding hydrogens is 216 g/mol. The first-order chi connectivity index (χ1) is 8.24. The zero-order valence-corrected chi connectivity index (χ0v) is 10.3. The molecule has 17 heavy (non-hydrogen) atoms. The van der Waals surface area contributed by atoms with Crippen LogP contribution in [0.5, 0.6) is 0 Å². The normalized spacial score (nSPS) is 36.4. The van der Waals surface area contributed by atoms with Crippen molar-refractivity contribution in [3.8, 4) is 0 Å². The molecule has 0 aromatic heterocycles. The molecule has 96 valence electrons. The quantitative estimate of drug-likeness (QED) is 0.776. The molecule has 0 radical (unpaired) electrons. The fourth-order valence-corrected chi connectivity index (χ4v) is 3.62. The number of hydrogen-bond donors (Lipinski definition) is 1. The van der Waals surface area contributed by atoms with Gasteiger partial charge in [0.25, 0.3) is 0 Å². The Hall–Kier alpha value is -0.610. The molecule has 0 amide bonds. The molecule has 4 nitrogen and oxygen atoms in total. The number of carbonyl (C=O) groups is 1. The summed E-state index contributed by atoms with van der Waals surface area (Å²) in [6.45, 7) is 4.50. The molecule has 0 aromatic rings. The molecule has 4 heteroatoms. The molecule has 1 saturated carbocycles. The van der Waals surface area contributed by atoms with E-state index in [1.54, 1.807) is 0 Å². The van der Waals surface area contributed by atoms with Gasteiger partial charge in [-0.2, -0.15) is 0 Å². The Morgan fingerprint density at radius 3 is 2.71 bits per heavy atom. The van der Waals surface area contributed by atoms with E-state index in [0.717, 1.165) is 12.5 Å². The van der Waals surface area contributed by atoms with Crippen molar-refractivity contribution in [3.63, 3.8) is 0 Å². The molecule has 2 saturated heterocycles. The largest absolute Gasteiger partial charge is 0.481 e. The highest BCUT2D eigenvalue weighted by Crippen LogP contribution is 2.37. The number of carboxylic acids is 1. The van der Waals surface area contributed by atoms with Crippen LogP contribution < -0.4 is 0 Å². The van der Waals surface area contributed by atoms with E-state index in [1.807, 2.05) is 0 Å². The van der Waals surface area contributed by atoms with Gasteiger partial charge in [0.2, 0.25) is 0 Å². The number of piperidine rings is 1. The lowest BCUT2D eigenvalue weighted by molar-refractivity contribution is -0.137. The van der Waals surface area contributed by atoms with Crippen LogP contribution in [0, 0.1) is 5.92 Å². The van der Waals surface area contributed by atoms with Crippen LogP contribution in [-0.2, 0) is 4.79 Å². The maximum Gasteiger partial charge on any atom is 0.304 e. The van der Waals surface area contributed by atoms with E-state index in [2.05, 4.69) is 9.80 Å². The van der Waals surface area contributed by atoms with Crippen LogP contribution in [0.1, 0.15) is 32.1 Å². The van der Waals surface area contributed by atoms with E-state index in [-0.39, 0.29) is 0 Å². The van der Waals surface area contributed by atoms with Crippen LogP contribution in [0.15, 0.2) is 0 Å². The third kappa shape index (κ3) is 2.47. The average molecular weight is 238 g/mol. The summed E-state index contributed by atoms with van der Waals surface area (Å²) in [4.78, 5) is 15.8. The standard InChI is InChI=1S/C13H22N2O2/c16-13(17)5-8-15(11-1-2-11)12-4-7-14-6-3-10(12)9-14/h10-12H,1-9H2,(H,16,17). The van der Waals surface area contributed by atoms with Crippen molar-refractivity contribution in [2.75, 3.05) is 26.2 Å². The van der Waals surface area contributed by atoms with E-state index in [4.69, 9.17) is 5.11 Å². The molecule has 3 fully saturated rings. The predicted molar refractivity (Wildman–Crippen MR) is 64.9 cm³/mol. The summed E-state index contributed by atoms with van der Waals surface area (Å²) in [5.74, 6) is 0.151. The van der Waals surface area contributed by atoms with Crippen LogP contribution in [0.25, 0.3) is 0 Å². The second-order valence-electron chi connectivity index (χ2n) is 5.82. The van der Waals surface area contributed by atoms with Gasteiger partial charge in [-0.05, 0) is 44.7 Å². The van der Waals surface area contributed by atoms with Crippen LogP contribution in [0.2, 0.25) is 0 Å². The van der Waals surface area contributed by atoms with Gasteiger partial charge in [-0.3, -0.25) is 9.69 Å². The van der Waals surface area contributed by atoms with Gasteiger partial charge in [0.1, 0.15) is 0 Å². The molecule has 0 spiro atoms. The number of aliphatic carboxylic acids is 1. The van der Waals surface area contributed by atoms with Gasteiger partial charge in [0.05, 0.1) is 6.42 Å². The zero-order valence-electron chi connectivity index (χ0n) is 10.3. The van der Waals surface area contributed by atoms with Gasteiger partial charge < -0.3 is 10.0 Å². The number of carboxylic acid groups (broad SMARTS) is 1. The molecule has 2 bridgehead atoms. The highest BCUT2D eigenvalue weighted by molar-refractivity contribution is 5.66. The van der Waals surface area contributed by atoms with Gasteiger partial charge in [0, 0.05) is 25.2 Å². The second-order valence-corrected chi connectivity index (χ2v) is 5.82. The summed E-state index contributed by atoms with van der Waals surface area (Å²) in [6, 6.07) is 1.37. The molecule has 1 N–H and O–H groups in total. The summed E-state index contributed by atoms with van der Waals surface area (Å²) in [6.07, 6.45) is 5.45. The minimum Gasteiger partial charge on any atom is -0.481 e. The summed E-state index contributed by atoms with van der Waals surface area (Å²) in [5, 5.41) is 8.86. The first-order valence-electron chi connectivity index (χ1n) is 6.94. The van der Waals surface area contributed by atoms with Crippen molar-refractivity contribution in [1.29, 1.82) is 0 Å². The Morgan fingerprint density at radius 1 is 1.24 bits per heavy atom. The van der Waals surface area contributed by atoms with Gasteiger partial charge in [0.15, 0.2) is 0 Å². The van der Waals surface area contributed by atoms with E-state index in [1.165, 1.54) is 45.3 Å². The number of fused-ring (bicyclic) bond motifs is 2. The minimum absolute atomic E-state index is 0.309. The molecule has 2 heterocycles. The Kier molecular flexibility index (Phi) is 3.09. The lowest BCUT2D eigenvalue weighted by atomic mass is 9.92. The third-order valence-electron chi connectivity index (χ3n) is 4.62. The fraction of sp³-hybridized carbons (Fsp3) is 0.923. The van der Waals surface area contributed by atoms with E-state index < -0.39 is 5.97 Å². The first kappa shape index (κ1) is 11.5. The smallest absolute Gasteiger partial charge is 0.304 e. The molecule has 0 aromatic carbocycles. The van der Waals surface area contributed by atoms with Crippen molar-refractivity contribution in [2.24, 2.45) is 5.92 Å². The molecule has 3 aliphatic rings. The number of hydrogen-bond acceptors (Lipinski definition) is 3. The van der Waals surface area contributed by atoms with Gasteiger partial charge in [-0.25, -0.2) is 0 Å². The average Bonchev–Trinajstić information content (AvgIpc) is 3.07. The van der Waals surface area contributed by atoms with Gasteiger partial charge in [-0.15, -0.1) is 0 Å². The number of rotatable bonds is 5. The number of nitrogens with zero attached hydrogens (tertiary/aromatic N) is 2. The van der Waals surface area contributed by atoms with Crippen LogP contribution in [0.4, 0.5) is 0 Å². The van der Waals surface area contributed by atoms with Crippen molar-refractivity contribution >= 4 is 5.97 Å². The van der Waals surface area contributed by atoms with Gasteiger partial charge >= 0.3 is 5.97 Å². The van der Waals surface area contributed by atoms with E-state index in [9.17, 15) is 4.79 Å². The van der Waals surface area contributed by atoms with Gasteiger partial charge in [-0.1, -0.05) is 0 Å². The van der Waals surface area contributed by atoms with Crippen LogP contribution in [0.3, 0.4) is 0 Å². The fourth-order valence-electron chi connectivity index (χ4n) is 3.62.